The highest BCUT2D eigenvalue weighted by Crippen LogP contribution is 2.26. The maximum absolute atomic E-state index is 12.6. The van der Waals surface area contributed by atoms with E-state index in [-0.39, 0.29) is 24.0 Å². The summed E-state index contributed by atoms with van der Waals surface area (Å²) in [5.74, 6) is -0.431. The highest BCUT2D eigenvalue weighted by molar-refractivity contribution is 5.30. The number of hydrogen-bond donors (Lipinski definition) is 2. The van der Waals surface area contributed by atoms with Crippen LogP contribution >= 0.6 is 0 Å². The minimum absolute atomic E-state index is 0.210. The van der Waals surface area contributed by atoms with E-state index in [0.29, 0.717) is 13.0 Å². The monoisotopic (exact) mass is 494 g/mol. The number of nitrogens with one attached hydrogen (secondary N) is 1. The molecule has 0 bridgehead atoms. The lowest BCUT2D eigenvalue weighted by molar-refractivity contribution is 0.0342. The molecule has 192 valence electrons. The van der Waals surface area contributed by atoms with E-state index in [0.717, 1.165) is 51.3 Å². The number of morpholine rings is 1. The van der Waals surface area contributed by atoms with Gasteiger partial charge >= 0.3 is 0 Å². The van der Waals surface area contributed by atoms with E-state index in [1.54, 1.807) is 0 Å². The van der Waals surface area contributed by atoms with Crippen molar-refractivity contribution >= 4 is 0 Å². The van der Waals surface area contributed by atoms with Crippen LogP contribution in [0, 0.1) is 0 Å². The lowest BCUT2D eigenvalue weighted by Gasteiger charge is -2.26. The highest BCUT2D eigenvalue weighted by Gasteiger charge is 2.20. The molecular weight excluding hydrogens is 459 g/mol. The molecule has 1 unspecified atom stereocenters. The van der Waals surface area contributed by atoms with Gasteiger partial charge < -0.3 is 19.6 Å². The minimum Gasteiger partial charge on any atom is -0.502 e. The molecule has 1 atom stereocenters. The van der Waals surface area contributed by atoms with Crippen molar-refractivity contribution in [2.45, 2.75) is 31.7 Å². The van der Waals surface area contributed by atoms with Crippen molar-refractivity contribution in [1.82, 2.24) is 10.2 Å². The van der Waals surface area contributed by atoms with Crippen molar-refractivity contribution < 1.29 is 18.7 Å². The molecule has 1 aliphatic heterocycles. The number of aryl methyl sites for hydroxylation is 2. The Hall–Kier alpha value is -3.00. The van der Waals surface area contributed by atoms with E-state index < -0.39 is 12.1 Å². The Balaban J connectivity index is 1.32. The maximum atomic E-state index is 12.6. The molecule has 0 spiro atoms. The van der Waals surface area contributed by atoms with Gasteiger partial charge in [-0.15, -0.1) is 0 Å². The van der Waals surface area contributed by atoms with E-state index in [4.69, 9.17) is 9.15 Å². The number of alkyl halides is 1. The largest absolute Gasteiger partial charge is 0.502 e. The molecule has 1 saturated heterocycles. The molecule has 0 amide bonds. The molecule has 1 aromatic heterocycles. The summed E-state index contributed by atoms with van der Waals surface area (Å²) in [4.78, 5) is 14.3. The summed E-state index contributed by atoms with van der Waals surface area (Å²) in [6.45, 7) is 4.72. The Morgan fingerprint density at radius 1 is 0.917 bits per heavy atom. The summed E-state index contributed by atoms with van der Waals surface area (Å²) in [6, 6.07) is 18.5. The van der Waals surface area contributed by atoms with Gasteiger partial charge in [-0.25, -0.2) is 4.39 Å². The number of hydrogen-bond acceptors (Lipinski definition) is 6. The first kappa shape index (κ1) is 26.1. The summed E-state index contributed by atoms with van der Waals surface area (Å²) in [6.07, 6.45) is 3.76. The zero-order chi connectivity index (χ0) is 25.2. The fourth-order valence-electron chi connectivity index (χ4n) is 4.56. The van der Waals surface area contributed by atoms with E-state index >= 15 is 0 Å². The molecule has 7 heteroatoms. The van der Waals surface area contributed by atoms with Gasteiger partial charge in [-0.3, -0.25) is 9.69 Å². The fraction of sp³-hybridized carbons (Fsp3) is 0.414. The Morgan fingerprint density at radius 3 is 2.17 bits per heavy atom. The van der Waals surface area contributed by atoms with Crippen molar-refractivity contribution in [2.24, 2.45) is 0 Å². The van der Waals surface area contributed by atoms with Gasteiger partial charge in [0.15, 0.2) is 5.76 Å². The SMILES string of the molecule is O=c1ccoc(C(CNCCF)Cc2ccc(CCc3ccc(CN4CCOCC4)cc3)cc2)c1O. The number of nitrogens with zero attached hydrogens (tertiary/aromatic N) is 1. The molecule has 2 aromatic carbocycles. The van der Waals surface area contributed by atoms with Gasteiger partial charge in [0.1, 0.15) is 6.67 Å². The lowest BCUT2D eigenvalue weighted by atomic mass is 9.94. The summed E-state index contributed by atoms with van der Waals surface area (Å²) in [5, 5.41) is 13.2. The van der Waals surface area contributed by atoms with Crippen LogP contribution < -0.4 is 10.7 Å². The van der Waals surface area contributed by atoms with Crippen LogP contribution in [0.4, 0.5) is 4.39 Å². The van der Waals surface area contributed by atoms with Crippen LogP contribution in [-0.4, -0.2) is 56.1 Å². The van der Waals surface area contributed by atoms with Gasteiger partial charge in [-0.05, 0) is 41.5 Å². The lowest BCUT2D eigenvalue weighted by Crippen LogP contribution is -2.35. The molecule has 6 nitrogen and oxygen atoms in total. The Kier molecular flexibility index (Phi) is 9.67. The second-order valence-electron chi connectivity index (χ2n) is 9.31. The van der Waals surface area contributed by atoms with Crippen LogP contribution in [0.3, 0.4) is 0 Å². The zero-order valence-corrected chi connectivity index (χ0v) is 20.6. The molecule has 0 aliphatic carbocycles. The number of benzene rings is 2. The quantitative estimate of drug-likeness (QED) is 0.373. The molecule has 1 aliphatic rings. The van der Waals surface area contributed by atoms with Crippen LogP contribution in [-0.2, 0) is 30.5 Å². The third kappa shape index (κ3) is 7.50. The topological polar surface area (TPSA) is 74.9 Å². The first-order valence-corrected chi connectivity index (χ1v) is 12.7. The smallest absolute Gasteiger partial charge is 0.226 e. The average molecular weight is 495 g/mol. The average Bonchev–Trinajstić information content (AvgIpc) is 2.91. The molecule has 0 radical (unpaired) electrons. The molecular formula is C29H35FN2O4. The first-order valence-electron chi connectivity index (χ1n) is 12.7. The van der Waals surface area contributed by atoms with Crippen LogP contribution in [0.5, 0.6) is 5.75 Å². The Bertz CT molecular complexity index is 1130. The molecule has 3 aromatic rings. The predicted molar refractivity (Wildman–Crippen MR) is 138 cm³/mol. The molecule has 2 heterocycles. The van der Waals surface area contributed by atoms with E-state index in [1.807, 2.05) is 0 Å². The van der Waals surface area contributed by atoms with E-state index in [1.165, 1.54) is 29.0 Å². The molecule has 36 heavy (non-hydrogen) atoms. The zero-order valence-electron chi connectivity index (χ0n) is 20.6. The van der Waals surface area contributed by atoms with Gasteiger partial charge in [0, 0.05) is 44.7 Å². The molecule has 2 N–H and O–H groups in total. The normalized spacial score (nSPS) is 15.1. The number of halogens is 1. The third-order valence-corrected chi connectivity index (χ3v) is 6.65. The second kappa shape index (κ2) is 13.3. The van der Waals surface area contributed by atoms with Crippen LogP contribution in [0.1, 0.15) is 33.9 Å². The maximum Gasteiger partial charge on any atom is 0.226 e. The van der Waals surface area contributed by atoms with Crippen molar-refractivity contribution in [1.29, 1.82) is 0 Å². The Labute approximate surface area is 211 Å². The van der Waals surface area contributed by atoms with Gasteiger partial charge in [-0.1, -0.05) is 48.5 Å². The highest BCUT2D eigenvalue weighted by atomic mass is 19.1. The van der Waals surface area contributed by atoms with Crippen LogP contribution in [0.15, 0.2) is 70.1 Å². The van der Waals surface area contributed by atoms with Crippen molar-refractivity contribution in [2.75, 3.05) is 46.1 Å². The third-order valence-electron chi connectivity index (χ3n) is 6.65. The standard InChI is InChI=1S/C29H35FN2O4/c30-12-13-31-20-26(29-28(34)27(33)11-16-36-29)19-24-7-3-22(4-8-24)1-2-23-5-9-25(10-6-23)21-32-14-17-35-18-15-32/h3-11,16,26,31,34H,1-2,12-15,17-21H2. The molecule has 4 rings (SSSR count). The van der Waals surface area contributed by atoms with Crippen molar-refractivity contribution in [3.05, 3.63) is 99.1 Å². The molecule has 1 fully saturated rings. The van der Waals surface area contributed by atoms with Gasteiger partial charge in [0.25, 0.3) is 0 Å². The summed E-state index contributed by atoms with van der Waals surface area (Å²) < 4.78 is 23.5. The Morgan fingerprint density at radius 2 is 1.53 bits per heavy atom. The first-order chi connectivity index (χ1) is 17.6. The van der Waals surface area contributed by atoms with E-state index in [9.17, 15) is 14.3 Å². The van der Waals surface area contributed by atoms with Gasteiger partial charge in [0.05, 0.1) is 19.5 Å². The summed E-state index contributed by atoms with van der Waals surface area (Å²) in [7, 11) is 0. The minimum atomic E-state index is -0.483. The van der Waals surface area contributed by atoms with Crippen LogP contribution in [0.2, 0.25) is 0 Å². The van der Waals surface area contributed by atoms with Gasteiger partial charge in [-0.2, -0.15) is 0 Å². The fourth-order valence-corrected chi connectivity index (χ4v) is 4.56. The van der Waals surface area contributed by atoms with E-state index in [2.05, 4.69) is 58.7 Å². The van der Waals surface area contributed by atoms with Crippen molar-refractivity contribution in [3.63, 3.8) is 0 Å². The number of aromatic hydroxyl groups is 1. The van der Waals surface area contributed by atoms with Gasteiger partial charge in [0.2, 0.25) is 11.2 Å². The second-order valence-corrected chi connectivity index (χ2v) is 9.31. The summed E-state index contributed by atoms with van der Waals surface area (Å²) in [5.41, 5.74) is 4.48. The summed E-state index contributed by atoms with van der Waals surface area (Å²) >= 11 is 0. The molecule has 0 saturated carbocycles. The number of ether oxygens (including phenoxy) is 1. The predicted octanol–water partition coefficient (Wildman–Crippen LogP) is 3.85. The number of rotatable bonds is 12. The van der Waals surface area contributed by atoms with Crippen molar-refractivity contribution in [3.8, 4) is 5.75 Å². The van der Waals surface area contributed by atoms with Crippen LogP contribution in [0.25, 0.3) is 0 Å².